The summed E-state index contributed by atoms with van der Waals surface area (Å²) in [5, 5.41) is 10.9. The van der Waals surface area contributed by atoms with Crippen LogP contribution in [0.4, 0.5) is 0 Å². The van der Waals surface area contributed by atoms with Crippen molar-refractivity contribution in [3.63, 3.8) is 0 Å². The highest BCUT2D eigenvalue weighted by Crippen LogP contribution is 2.21. The SMILES string of the molecule is CCCOc1ccc(-c2cc(C(=O)N/N=C\c3cccc(Br)c3)[nH]n2)cc1. The Morgan fingerprint density at radius 3 is 2.81 bits per heavy atom. The Bertz CT molecular complexity index is 935. The lowest BCUT2D eigenvalue weighted by atomic mass is 10.1. The molecule has 0 aliphatic carbocycles. The minimum atomic E-state index is -0.358. The molecule has 3 rings (SSSR count). The summed E-state index contributed by atoms with van der Waals surface area (Å²) in [4.78, 5) is 12.2. The van der Waals surface area contributed by atoms with E-state index in [4.69, 9.17) is 4.74 Å². The van der Waals surface area contributed by atoms with Crippen molar-refractivity contribution in [2.75, 3.05) is 6.61 Å². The second-order valence-corrected chi connectivity index (χ2v) is 6.71. The van der Waals surface area contributed by atoms with Crippen molar-refractivity contribution < 1.29 is 9.53 Å². The smallest absolute Gasteiger partial charge is 0.289 e. The Kier molecular flexibility index (Phi) is 6.38. The molecule has 1 aromatic heterocycles. The lowest BCUT2D eigenvalue weighted by Crippen LogP contribution is -2.17. The van der Waals surface area contributed by atoms with Gasteiger partial charge in [-0.05, 0) is 54.4 Å². The van der Waals surface area contributed by atoms with E-state index in [0.717, 1.165) is 27.8 Å². The van der Waals surface area contributed by atoms with E-state index in [2.05, 4.69) is 43.6 Å². The molecule has 0 radical (unpaired) electrons. The van der Waals surface area contributed by atoms with E-state index in [0.29, 0.717) is 18.0 Å². The molecule has 7 heteroatoms. The number of halogens is 1. The first kappa shape index (κ1) is 18.8. The van der Waals surface area contributed by atoms with Crippen molar-refractivity contribution in [3.05, 3.63) is 70.3 Å². The molecule has 0 spiro atoms. The highest BCUT2D eigenvalue weighted by Gasteiger charge is 2.10. The summed E-state index contributed by atoms with van der Waals surface area (Å²) in [7, 11) is 0. The molecular formula is C20H19BrN4O2. The minimum Gasteiger partial charge on any atom is -0.494 e. The molecule has 0 aliphatic rings. The zero-order chi connectivity index (χ0) is 19.1. The number of ether oxygens (including phenoxy) is 1. The van der Waals surface area contributed by atoms with Crippen LogP contribution in [0, 0.1) is 0 Å². The molecule has 2 aromatic carbocycles. The standard InChI is InChI=1S/C20H19BrN4O2/c1-2-10-27-17-8-6-15(7-9-17)18-12-19(24-23-18)20(26)25-22-13-14-4-3-5-16(21)11-14/h3-9,11-13H,2,10H2,1H3,(H,23,24)(H,25,26)/b22-13-. The predicted octanol–water partition coefficient (Wildman–Crippen LogP) is 4.39. The molecule has 1 heterocycles. The maximum atomic E-state index is 12.2. The van der Waals surface area contributed by atoms with Gasteiger partial charge in [0.25, 0.3) is 5.91 Å². The molecule has 0 saturated heterocycles. The number of nitrogens with zero attached hydrogens (tertiary/aromatic N) is 2. The predicted molar refractivity (Wildman–Crippen MR) is 109 cm³/mol. The molecule has 27 heavy (non-hydrogen) atoms. The zero-order valence-electron chi connectivity index (χ0n) is 14.8. The zero-order valence-corrected chi connectivity index (χ0v) is 16.4. The molecular weight excluding hydrogens is 408 g/mol. The van der Waals surface area contributed by atoms with Gasteiger partial charge in [-0.1, -0.05) is 35.0 Å². The number of nitrogens with one attached hydrogen (secondary N) is 2. The molecule has 0 atom stereocenters. The molecule has 1 amide bonds. The van der Waals surface area contributed by atoms with Gasteiger partial charge in [0.2, 0.25) is 0 Å². The Balaban J connectivity index is 1.62. The van der Waals surface area contributed by atoms with Gasteiger partial charge >= 0.3 is 0 Å². The van der Waals surface area contributed by atoms with Crippen molar-refractivity contribution in [3.8, 4) is 17.0 Å². The average molecular weight is 427 g/mol. The van der Waals surface area contributed by atoms with Crippen LogP contribution >= 0.6 is 15.9 Å². The molecule has 3 aromatic rings. The summed E-state index contributed by atoms with van der Waals surface area (Å²) in [6.45, 7) is 2.75. The maximum Gasteiger partial charge on any atom is 0.289 e. The fraction of sp³-hybridized carbons (Fsp3) is 0.150. The number of amides is 1. The molecule has 0 fully saturated rings. The Morgan fingerprint density at radius 1 is 1.26 bits per heavy atom. The van der Waals surface area contributed by atoms with Crippen LogP contribution in [0.25, 0.3) is 11.3 Å². The van der Waals surface area contributed by atoms with Gasteiger partial charge in [-0.2, -0.15) is 10.2 Å². The van der Waals surface area contributed by atoms with E-state index in [1.807, 2.05) is 48.5 Å². The minimum absolute atomic E-state index is 0.336. The Morgan fingerprint density at radius 2 is 2.07 bits per heavy atom. The van der Waals surface area contributed by atoms with Crippen LogP contribution in [0.3, 0.4) is 0 Å². The first-order valence-corrected chi connectivity index (χ1v) is 9.32. The molecule has 138 valence electrons. The van der Waals surface area contributed by atoms with Gasteiger partial charge in [0.1, 0.15) is 11.4 Å². The lowest BCUT2D eigenvalue weighted by Gasteiger charge is -2.04. The Hall–Kier alpha value is -2.93. The number of hydrazone groups is 1. The summed E-state index contributed by atoms with van der Waals surface area (Å²) in [5.74, 6) is 0.457. The third kappa shape index (κ3) is 5.27. The number of carbonyl (C=O) groups excluding carboxylic acids is 1. The van der Waals surface area contributed by atoms with E-state index >= 15 is 0 Å². The quantitative estimate of drug-likeness (QED) is 0.434. The average Bonchev–Trinajstić information content (AvgIpc) is 3.17. The number of aromatic amines is 1. The summed E-state index contributed by atoms with van der Waals surface area (Å²) < 4.78 is 6.51. The summed E-state index contributed by atoms with van der Waals surface area (Å²) in [6.07, 6.45) is 2.54. The summed E-state index contributed by atoms with van der Waals surface area (Å²) in [6, 6.07) is 16.9. The number of aromatic nitrogens is 2. The largest absolute Gasteiger partial charge is 0.494 e. The number of benzene rings is 2. The van der Waals surface area contributed by atoms with E-state index in [9.17, 15) is 4.79 Å². The topological polar surface area (TPSA) is 79.4 Å². The van der Waals surface area contributed by atoms with Crippen molar-refractivity contribution in [1.82, 2.24) is 15.6 Å². The normalized spacial score (nSPS) is 10.9. The number of hydrogen-bond donors (Lipinski definition) is 2. The maximum absolute atomic E-state index is 12.2. The number of hydrogen-bond acceptors (Lipinski definition) is 4. The van der Waals surface area contributed by atoms with Crippen molar-refractivity contribution in [2.24, 2.45) is 5.10 Å². The highest BCUT2D eigenvalue weighted by atomic mass is 79.9. The van der Waals surface area contributed by atoms with E-state index in [-0.39, 0.29) is 5.91 Å². The number of H-pyrrole nitrogens is 1. The summed E-state index contributed by atoms with van der Waals surface area (Å²) in [5.41, 5.74) is 5.27. The van der Waals surface area contributed by atoms with Gasteiger partial charge in [-0.15, -0.1) is 0 Å². The van der Waals surface area contributed by atoms with Crippen molar-refractivity contribution in [2.45, 2.75) is 13.3 Å². The first-order valence-electron chi connectivity index (χ1n) is 8.53. The third-order valence-electron chi connectivity index (χ3n) is 3.67. The van der Waals surface area contributed by atoms with Crippen LogP contribution in [-0.2, 0) is 0 Å². The lowest BCUT2D eigenvalue weighted by molar-refractivity contribution is 0.0950. The highest BCUT2D eigenvalue weighted by molar-refractivity contribution is 9.10. The van der Waals surface area contributed by atoms with Crippen molar-refractivity contribution in [1.29, 1.82) is 0 Å². The van der Waals surface area contributed by atoms with Gasteiger partial charge < -0.3 is 4.74 Å². The van der Waals surface area contributed by atoms with E-state index in [1.54, 1.807) is 12.3 Å². The molecule has 0 aliphatic heterocycles. The Labute approximate surface area is 165 Å². The third-order valence-corrected chi connectivity index (χ3v) is 4.17. The fourth-order valence-corrected chi connectivity index (χ4v) is 2.76. The van der Waals surface area contributed by atoms with E-state index in [1.165, 1.54) is 0 Å². The van der Waals surface area contributed by atoms with Crippen LogP contribution in [0.1, 0.15) is 29.4 Å². The molecule has 6 nitrogen and oxygen atoms in total. The second-order valence-electron chi connectivity index (χ2n) is 5.79. The van der Waals surface area contributed by atoms with Gasteiger partial charge in [-0.3, -0.25) is 9.89 Å². The van der Waals surface area contributed by atoms with Gasteiger partial charge in [0, 0.05) is 10.0 Å². The molecule has 0 bridgehead atoms. The van der Waals surface area contributed by atoms with Gasteiger partial charge in [0.05, 0.1) is 18.5 Å². The van der Waals surface area contributed by atoms with Crippen LogP contribution in [0.5, 0.6) is 5.75 Å². The monoisotopic (exact) mass is 426 g/mol. The fourth-order valence-electron chi connectivity index (χ4n) is 2.34. The van der Waals surface area contributed by atoms with Crippen LogP contribution in [0.15, 0.2) is 64.2 Å². The number of rotatable bonds is 7. The van der Waals surface area contributed by atoms with Crippen LogP contribution in [-0.4, -0.2) is 28.9 Å². The van der Waals surface area contributed by atoms with E-state index < -0.39 is 0 Å². The van der Waals surface area contributed by atoms with Crippen molar-refractivity contribution >= 4 is 28.1 Å². The summed E-state index contributed by atoms with van der Waals surface area (Å²) >= 11 is 3.39. The molecule has 2 N–H and O–H groups in total. The van der Waals surface area contributed by atoms with Gasteiger partial charge in [-0.25, -0.2) is 5.43 Å². The number of carbonyl (C=O) groups is 1. The molecule has 0 saturated carbocycles. The first-order chi connectivity index (χ1) is 13.2. The van der Waals surface area contributed by atoms with Gasteiger partial charge in [0.15, 0.2) is 0 Å². The molecule has 0 unspecified atom stereocenters. The van der Waals surface area contributed by atoms with Crippen LogP contribution in [0.2, 0.25) is 0 Å². The second kappa shape index (κ2) is 9.14. The van der Waals surface area contributed by atoms with Crippen LogP contribution < -0.4 is 10.2 Å².